The lowest BCUT2D eigenvalue weighted by molar-refractivity contribution is -0.385. The van der Waals surface area contributed by atoms with Gasteiger partial charge in [0.1, 0.15) is 12.0 Å². The van der Waals surface area contributed by atoms with Crippen LogP contribution in [-0.4, -0.2) is 35.1 Å². The van der Waals surface area contributed by atoms with Gasteiger partial charge in [-0.25, -0.2) is 4.98 Å². The predicted octanol–water partition coefficient (Wildman–Crippen LogP) is 1.12. The van der Waals surface area contributed by atoms with Gasteiger partial charge < -0.3 is 15.8 Å². The van der Waals surface area contributed by atoms with Crippen LogP contribution in [0.2, 0.25) is 0 Å². The number of ether oxygens (including phenoxy) is 1. The van der Waals surface area contributed by atoms with Crippen LogP contribution in [0.15, 0.2) is 12.3 Å². The number of nitrogens with two attached hydrogens (primary N) is 1. The molecule has 8 nitrogen and oxygen atoms in total. The highest BCUT2D eigenvalue weighted by Crippen LogP contribution is 2.42. The standard InChI is InChI=1S/C13H18N4O4/c1-13(2)9(5-10(13)21-3)16-12(18)8-4-7(17(19)20)6-15-11(8)14/h4,6,9-10H,5H2,1-3H3,(H2,14,15)(H,16,18). The van der Waals surface area contributed by atoms with Crippen molar-refractivity contribution in [1.29, 1.82) is 0 Å². The molecule has 2 atom stereocenters. The Morgan fingerprint density at radius 2 is 2.29 bits per heavy atom. The Bertz CT molecular complexity index is 588. The zero-order valence-corrected chi connectivity index (χ0v) is 12.1. The number of carbonyl (C=O) groups excluding carboxylic acids is 1. The third kappa shape index (κ3) is 2.66. The van der Waals surface area contributed by atoms with Crippen molar-refractivity contribution < 1.29 is 14.5 Å². The molecule has 8 heteroatoms. The molecule has 0 spiro atoms. The highest BCUT2D eigenvalue weighted by Gasteiger charge is 2.49. The lowest BCUT2D eigenvalue weighted by Crippen LogP contribution is -2.61. The lowest BCUT2D eigenvalue weighted by atomic mass is 9.64. The molecule has 1 heterocycles. The van der Waals surface area contributed by atoms with Crippen molar-refractivity contribution in [2.75, 3.05) is 12.8 Å². The van der Waals surface area contributed by atoms with Crippen LogP contribution in [-0.2, 0) is 4.74 Å². The van der Waals surface area contributed by atoms with E-state index in [2.05, 4.69) is 10.3 Å². The van der Waals surface area contributed by atoms with Crippen molar-refractivity contribution in [3.63, 3.8) is 0 Å². The van der Waals surface area contributed by atoms with Gasteiger partial charge in [-0.05, 0) is 6.42 Å². The first kappa shape index (κ1) is 15.2. The van der Waals surface area contributed by atoms with Crippen LogP contribution in [0, 0.1) is 15.5 Å². The molecule has 1 aromatic rings. The maximum atomic E-state index is 12.2. The summed E-state index contributed by atoms with van der Waals surface area (Å²) in [5.74, 6) is -0.491. The number of nitrogen functional groups attached to an aromatic ring is 1. The molecule has 1 aliphatic rings. The maximum absolute atomic E-state index is 12.2. The van der Waals surface area contributed by atoms with Crippen molar-refractivity contribution in [3.8, 4) is 0 Å². The fourth-order valence-corrected chi connectivity index (χ4v) is 2.51. The molecule has 2 rings (SSSR count). The second-order valence-electron chi connectivity index (χ2n) is 5.69. The Labute approximate surface area is 121 Å². The van der Waals surface area contributed by atoms with Gasteiger partial charge in [-0.1, -0.05) is 13.8 Å². The van der Waals surface area contributed by atoms with Crippen LogP contribution >= 0.6 is 0 Å². The van der Waals surface area contributed by atoms with E-state index in [9.17, 15) is 14.9 Å². The molecule has 3 N–H and O–H groups in total. The van der Waals surface area contributed by atoms with Gasteiger partial charge in [0, 0.05) is 24.6 Å². The largest absolute Gasteiger partial charge is 0.383 e. The predicted molar refractivity (Wildman–Crippen MR) is 75.8 cm³/mol. The topological polar surface area (TPSA) is 120 Å². The summed E-state index contributed by atoms with van der Waals surface area (Å²) in [6, 6.07) is 1.06. The Kier molecular flexibility index (Phi) is 3.82. The second kappa shape index (κ2) is 5.28. The van der Waals surface area contributed by atoms with E-state index in [1.807, 2.05) is 13.8 Å². The van der Waals surface area contributed by atoms with Crippen molar-refractivity contribution in [3.05, 3.63) is 27.9 Å². The Morgan fingerprint density at radius 1 is 1.62 bits per heavy atom. The summed E-state index contributed by atoms with van der Waals surface area (Å²) in [4.78, 5) is 26.0. The Hall–Kier alpha value is -2.22. The van der Waals surface area contributed by atoms with Gasteiger partial charge in [-0.2, -0.15) is 0 Å². The molecule has 0 aromatic carbocycles. The third-order valence-corrected chi connectivity index (χ3v) is 4.13. The van der Waals surface area contributed by atoms with E-state index in [0.29, 0.717) is 6.42 Å². The van der Waals surface area contributed by atoms with Gasteiger partial charge in [0.15, 0.2) is 0 Å². The number of pyridine rings is 1. The number of amides is 1. The van der Waals surface area contributed by atoms with Gasteiger partial charge >= 0.3 is 0 Å². The van der Waals surface area contributed by atoms with Crippen LogP contribution < -0.4 is 11.1 Å². The summed E-state index contributed by atoms with van der Waals surface area (Å²) >= 11 is 0. The summed E-state index contributed by atoms with van der Waals surface area (Å²) in [6.45, 7) is 3.98. The van der Waals surface area contributed by atoms with Gasteiger partial charge in [-0.15, -0.1) is 0 Å². The molecule has 114 valence electrons. The highest BCUT2D eigenvalue weighted by molar-refractivity contribution is 5.99. The molecule has 0 radical (unpaired) electrons. The molecule has 1 amide bonds. The van der Waals surface area contributed by atoms with E-state index in [0.717, 1.165) is 12.3 Å². The monoisotopic (exact) mass is 294 g/mol. The molecule has 0 saturated heterocycles. The number of nitrogens with zero attached hydrogens (tertiary/aromatic N) is 2. The van der Waals surface area contributed by atoms with Gasteiger partial charge in [0.2, 0.25) is 0 Å². The second-order valence-corrected chi connectivity index (χ2v) is 5.69. The molecular weight excluding hydrogens is 276 g/mol. The first-order chi connectivity index (χ1) is 9.77. The summed E-state index contributed by atoms with van der Waals surface area (Å²) in [5.41, 5.74) is 5.17. The number of nitro groups is 1. The van der Waals surface area contributed by atoms with Gasteiger partial charge in [-0.3, -0.25) is 14.9 Å². The molecule has 2 unspecified atom stereocenters. The number of methoxy groups -OCH3 is 1. The number of anilines is 1. The molecule has 1 aliphatic carbocycles. The minimum absolute atomic E-state index is 0.0147. The molecule has 1 saturated carbocycles. The molecule has 1 fully saturated rings. The SMILES string of the molecule is COC1CC(NC(=O)c2cc([N+](=O)[O-])cnc2N)C1(C)C. The first-order valence-electron chi connectivity index (χ1n) is 6.51. The van der Waals surface area contributed by atoms with E-state index < -0.39 is 10.8 Å². The van der Waals surface area contributed by atoms with Crippen LogP contribution in [0.5, 0.6) is 0 Å². The number of rotatable bonds is 4. The number of hydrogen-bond acceptors (Lipinski definition) is 6. The van der Waals surface area contributed by atoms with E-state index in [1.165, 1.54) is 0 Å². The number of carbonyl (C=O) groups is 1. The molecule has 1 aromatic heterocycles. The zero-order chi connectivity index (χ0) is 15.8. The van der Waals surface area contributed by atoms with Crippen molar-refractivity contribution in [2.45, 2.75) is 32.4 Å². The lowest BCUT2D eigenvalue weighted by Gasteiger charge is -2.51. The maximum Gasteiger partial charge on any atom is 0.288 e. The molecule has 0 bridgehead atoms. The van der Waals surface area contributed by atoms with Crippen molar-refractivity contribution in [2.24, 2.45) is 5.41 Å². The average molecular weight is 294 g/mol. The fraction of sp³-hybridized carbons (Fsp3) is 0.538. The van der Waals surface area contributed by atoms with Crippen LogP contribution in [0.4, 0.5) is 11.5 Å². The molecular formula is C13H18N4O4. The Balaban J connectivity index is 2.15. The number of hydrogen-bond donors (Lipinski definition) is 2. The highest BCUT2D eigenvalue weighted by atomic mass is 16.6. The zero-order valence-electron chi connectivity index (χ0n) is 12.1. The minimum Gasteiger partial charge on any atom is -0.383 e. The average Bonchev–Trinajstić information content (AvgIpc) is 2.42. The smallest absolute Gasteiger partial charge is 0.288 e. The molecule has 21 heavy (non-hydrogen) atoms. The normalized spacial score (nSPS) is 23.2. The van der Waals surface area contributed by atoms with E-state index >= 15 is 0 Å². The van der Waals surface area contributed by atoms with Crippen molar-refractivity contribution in [1.82, 2.24) is 10.3 Å². The number of nitrogens with one attached hydrogen (secondary N) is 1. The van der Waals surface area contributed by atoms with E-state index in [4.69, 9.17) is 10.5 Å². The van der Waals surface area contributed by atoms with Crippen molar-refractivity contribution >= 4 is 17.4 Å². The quantitative estimate of drug-likeness (QED) is 0.634. The first-order valence-corrected chi connectivity index (χ1v) is 6.51. The summed E-state index contributed by atoms with van der Waals surface area (Å²) in [7, 11) is 1.63. The van der Waals surface area contributed by atoms with E-state index in [-0.39, 0.29) is 34.6 Å². The summed E-state index contributed by atoms with van der Waals surface area (Å²) < 4.78 is 5.32. The fourth-order valence-electron chi connectivity index (χ4n) is 2.51. The van der Waals surface area contributed by atoms with Gasteiger partial charge in [0.25, 0.3) is 11.6 Å². The van der Waals surface area contributed by atoms with Crippen LogP contribution in [0.3, 0.4) is 0 Å². The van der Waals surface area contributed by atoms with E-state index in [1.54, 1.807) is 7.11 Å². The molecule has 0 aliphatic heterocycles. The third-order valence-electron chi connectivity index (χ3n) is 4.13. The van der Waals surface area contributed by atoms with Crippen LogP contribution in [0.25, 0.3) is 0 Å². The minimum atomic E-state index is -0.614. The number of aromatic nitrogens is 1. The van der Waals surface area contributed by atoms with Crippen LogP contribution in [0.1, 0.15) is 30.6 Å². The summed E-state index contributed by atoms with van der Waals surface area (Å²) in [6.07, 6.45) is 1.79. The Morgan fingerprint density at radius 3 is 2.81 bits per heavy atom. The van der Waals surface area contributed by atoms with Gasteiger partial charge in [0.05, 0.1) is 16.6 Å². The summed E-state index contributed by atoms with van der Waals surface area (Å²) in [5, 5.41) is 13.6.